The van der Waals surface area contributed by atoms with Crippen LogP contribution in [0.1, 0.15) is 33.1 Å². The number of hydrogen-bond acceptors (Lipinski definition) is 2. The zero-order valence-electron chi connectivity index (χ0n) is 9.11. The van der Waals surface area contributed by atoms with Crippen LogP contribution < -0.4 is 5.32 Å². The molecule has 0 spiro atoms. The van der Waals surface area contributed by atoms with Gasteiger partial charge in [-0.15, -0.1) is 0 Å². The number of nitriles is 1. The molecule has 1 amide bonds. The minimum Gasteiger partial charge on any atom is -0.341 e. The van der Waals surface area contributed by atoms with E-state index in [9.17, 15) is 18.0 Å². The summed E-state index contributed by atoms with van der Waals surface area (Å²) in [7, 11) is 0. The van der Waals surface area contributed by atoms with E-state index in [4.69, 9.17) is 5.26 Å². The fourth-order valence-corrected chi connectivity index (χ4v) is 1.25. The lowest BCUT2D eigenvalue weighted by atomic mass is 9.88. The zero-order valence-corrected chi connectivity index (χ0v) is 9.11. The maximum atomic E-state index is 12.6. The van der Waals surface area contributed by atoms with Gasteiger partial charge in [-0.25, -0.2) is 0 Å². The normalized spacial score (nSPS) is 21.8. The summed E-state index contributed by atoms with van der Waals surface area (Å²) in [6.07, 6.45) is -4.46. The van der Waals surface area contributed by atoms with Gasteiger partial charge in [0.2, 0.25) is 5.91 Å². The van der Waals surface area contributed by atoms with Crippen LogP contribution in [0.5, 0.6) is 0 Å². The molecule has 1 saturated carbocycles. The van der Waals surface area contributed by atoms with Crippen molar-refractivity contribution in [1.82, 2.24) is 5.32 Å². The first-order chi connectivity index (χ1) is 7.21. The van der Waals surface area contributed by atoms with Crippen LogP contribution in [0.15, 0.2) is 0 Å². The number of amides is 1. The Hall–Kier alpha value is -1.25. The van der Waals surface area contributed by atoms with E-state index in [0.717, 1.165) is 0 Å². The van der Waals surface area contributed by atoms with Crippen LogP contribution in [-0.2, 0) is 4.79 Å². The van der Waals surface area contributed by atoms with Crippen LogP contribution in [0.25, 0.3) is 0 Å². The van der Waals surface area contributed by atoms with Crippen LogP contribution in [0.3, 0.4) is 0 Å². The van der Waals surface area contributed by atoms with E-state index in [-0.39, 0.29) is 19.3 Å². The Morgan fingerprint density at radius 3 is 2.25 bits per heavy atom. The molecule has 1 unspecified atom stereocenters. The van der Waals surface area contributed by atoms with Gasteiger partial charge in [-0.2, -0.15) is 18.4 Å². The zero-order chi connectivity index (χ0) is 12.6. The van der Waals surface area contributed by atoms with Crippen molar-refractivity contribution >= 4 is 5.91 Å². The lowest BCUT2D eigenvalue weighted by molar-refractivity contribution is -0.172. The number of hydrogen-bond donors (Lipinski definition) is 1. The number of nitrogens with zero attached hydrogens (tertiary/aromatic N) is 1. The maximum Gasteiger partial charge on any atom is 0.411 e. The minimum atomic E-state index is -4.44. The van der Waals surface area contributed by atoms with E-state index >= 15 is 0 Å². The van der Waals surface area contributed by atoms with Crippen LogP contribution in [0.4, 0.5) is 13.2 Å². The predicted molar refractivity (Wildman–Crippen MR) is 50.2 cm³/mol. The van der Waals surface area contributed by atoms with E-state index < -0.39 is 23.0 Å². The molecule has 0 radical (unpaired) electrons. The summed E-state index contributed by atoms with van der Waals surface area (Å²) in [6.45, 7) is 2.94. The van der Waals surface area contributed by atoms with Crippen LogP contribution >= 0.6 is 0 Å². The second kappa shape index (κ2) is 3.65. The highest BCUT2D eigenvalue weighted by atomic mass is 19.4. The first kappa shape index (κ1) is 12.8. The van der Waals surface area contributed by atoms with Gasteiger partial charge in [0.15, 0.2) is 0 Å². The molecule has 1 aliphatic rings. The van der Waals surface area contributed by atoms with Crippen LogP contribution in [0.2, 0.25) is 0 Å². The summed E-state index contributed by atoms with van der Waals surface area (Å²) in [5.74, 6) is -0.840. The first-order valence-corrected chi connectivity index (χ1v) is 5.01. The van der Waals surface area contributed by atoms with Gasteiger partial charge in [-0.05, 0) is 26.2 Å². The molecule has 0 aromatic rings. The molecule has 1 fully saturated rings. The van der Waals surface area contributed by atoms with E-state index in [1.54, 1.807) is 13.0 Å². The second-order valence-electron chi connectivity index (χ2n) is 4.33. The molecule has 0 saturated heterocycles. The van der Waals surface area contributed by atoms with Gasteiger partial charge in [0.25, 0.3) is 0 Å². The minimum absolute atomic E-state index is 0.104. The Morgan fingerprint density at radius 2 is 2.00 bits per heavy atom. The van der Waals surface area contributed by atoms with E-state index in [1.807, 2.05) is 5.32 Å². The molecule has 0 aromatic carbocycles. The molecule has 0 heterocycles. The van der Waals surface area contributed by atoms with Gasteiger partial charge in [0.1, 0.15) is 11.0 Å². The molecule has 0 aliphatic heterocycles. The number of carbonyl (C=O) groups excluding carboxylic acids is 1. The third-order valence-electron chi connectivity index (χ3n) is 3.10. The van der Waals surface area contributed by atoms with Gasteiger partial charge < -0.3 is 5.32 Å². The highest BCUT2D eigenvalue weighted by molar-refractivity contribution is 5.86. The Bertz CT molecular complexity index is 341. The molecule has 1 N–H and O–H groups in total. The second-order valence-corrected chi connectivity index (χ2v) is 4.33. The number of alkyl halides is 3. The Kier molecular flexibility index (Phi) is 2.92. The Balaban J connectivity index is 2.78. The van der Waals surface area contributed by atoms with Crippen molar-refractivity contribution in [3.63, 3.8) is 0 Å². The average molecular weight is 234 g/mol. The largest absolute Gasteiger partial charge is 0.411 e. The molecule has 0 bridgehead atoms. The number of carbonyl (C=O) groups is 1. The van der Waals surface area contributed by atoms with Crippen molar-refractivity contribution in [2.24, 2.45) is 5.41 Å². The van der Waals surface area contributed by atoms with Crippen molar-refractivity contribution in [1.29, 1.82) is 5.26 Å². The molecule has 0 aromatic heterocycles. The van der Waals surface area contributed by atoms with E-state index in [2.05, 4.69) is 0 Å². The highest BCUT2D eigenvalue weighted by Gasteiger charge is 2.65. The maximum absolute atomic E-state index is 12.6. The lowest BCUT2D eigenvalue weighted by Crippen LogP contribution is -2.52. The van der Waals surface area contributed by atoms with Gasteiger partial charge in [0.05, 0.1) is 6.07 Å². The summed E-state index contributed by atoms with van der Waals surface area (Å²) < 4.78 is 37.7. The van der Waals surface area contributed by atoms with Crippen molar-refractivity contribution < 1.29 is 18.0 Å². The van der Waals surface area contributed by atoms with Gasteiger partial charge in [-0.3, -0.25) is 4.79 Å². The third-order valence-corrected chi connectivity index (χ3v) is 3.10. The smallest absolute Gasteiger partial charge is 0.341 e. The first-order valence-electron chi connectivity index (χ1n) is 5.01. The molecular weight excluding hydrogens is 221 g/mol. The third kappa shape index (κ3) is 1.99. The van der Waals surface area contributed by atoms with Crippen molar-refractivity contribution in [2.45, 2.75) is 44.8 Å². The summed E-state index contributed by atoms with van der Waals surface area (Å²) in [4.78, 5) is 11.6. The SMILES string of the molecule is CCC(C)(C#N)C(=O)NC1(C(F)(F)F)CC1. The lowest BCUT2D eigenvalue weighted by Gasteiger charge is -2.25. The number of halogens is 3. The molecule has 16 heavy (non-hydrogen) atoms. The summed E-state index contributed by atoms with van der Waals surface area (Å²) in [5.41, 5.74) is -3.47. The fraction of sp³-hybridized carbons (Fsp3) is 0.800. The van der Waals surface area contributed by atoms with E-state index in [1.165, 1.54) is 6.92 Å². The topological polar surface area (TPSA) is 52.9 Å². The Labute approximate surface area is 91.6 Å². The van der Waals surface area contributed by atoms with Crippen molar-refractivity contribution in [2.75, 3.05) is 0 Å². The molecule has 3 nitrogen and oxygen atoms in total. The average Bonchev–Trinajstić information content (AvgIpc) is 2.96. The molecule has 1 aliphatic carbocycles. The predicted octanol–water partition coefficient (Wildman–Crippen LogP) is 2.14. The van der Waals surface area contributed by atoms with Crippen LogP contribution in [0, 0.1) is 16.7 Å². The molecular formula is C10H13F3N2O. The molecule has 6 heteroatoms. The summed E-state index contributed by atoms with van der Waals surface area (Å²) >= 11 is 0. The van der Waals surface area contributed by atoms with Gasteiger partial charge in [-0.1, -0.05) is 6.92 Å². The van der Waals surface area contributed by atoms with Crippen molar-refractivity contribution in [3.8, 4) is 6.07 Å². The molecule has 90 valence electrons. The monoisotopic (exact) mass is 234 g/mol. The van der Waals surface area contributed by atoms with Crippen molar-refractivity contribution in [3.05, 3.63) is 0 Å². The quantitative estimate of drug-likeness (QED) is 0.813. The number of nitrogens with one attached hydrogen (secondary N) is 1. The van der Waals surface area contributed by atoms with Crippen LogP contribution in [-0.4, -0.2) is 17.6 Å². The highest BCUT2D eigenvalue weighted by Crippen LogP contribution is 2.49. The van der Waals surface area contributed by atoms with Gasteiger partial charge >= 0.3 is 6.18 Å². The van der Waals surface area contributed by atoms with Gasteiger partial charge in [0, 0.05) is 0 Å². The summed E-state index contributed by atoms with van der Waals surface area (Å²) in [6, 6.07) is 1.75. The van der Waals surface area contributed by atoms with E-state index in [0.29, 0.717) is 0 Å². The molecule has 1 rings (SSSR count). The molecule has 1 atom stereocenters. The number of rotatable bonds is 3. The fourth-order valence-electron chi connectivity index (χ4n) is 1.25. The Morgan fingerprint density at radius 1 is 1.50 bits per heavy atom. The standard InChI is InChI=1S/C10H13F3N2O/c1-3-8(2,6-14)7(16)15-9(4-5-9)10(11,12)13/h3-5H2,1-2H3,(H,15,16). The summed E-state index contributed by atoms with van der Waals surface area (Å²) in [5, 5.41) is 10.7.